The normalized spacial score (nSPS) is 27.7. The van der Waals surface area contributed by atoms with Gasteiger partial charge in [0, 0.05) is 24.6 Å². The molecule has 1 aromatic rings. The molecule has 4 rings (SSSR count). The first-order chi connectivity index (χ1) is 11.5. The molecule has 0 aromatic carbocycles. The zero-order chi connectivity index (χ0) is 16.9. The molecule has 0 bridgehead atoms. The number of hydrogen-bond donors (Lipinski definition) is 1. The van der Waals surface area contributed by atoms with E-state index < -0.39 is 29.4 Å². The third kappa shape index (κ3) is 2.21. The van der Waals surface area contributed by atoms with Gasteiger partial charge in [-0.2, -0.15) is 0 Å². The third-order valence-electron chi connectivity index (χ3n) is 4.79. The number of aromatic amines is 1. The molecule has 0 amide bonds. The SMILES string of the molecule is Cc1cn([C@@H]2OC(C=O)=C3OC4(CCCCC4)OC32)c(=O)[nH]c1=O. The lowest BCUT2D eigenvalue weighted by atomic mass is 9.94. The molecule has 128 valence electrons. The van der Waals surface area contributed by atoms with E-state index in [0.29, 0.717) is 17.6 Å². The second kappa shape index (κ2) is 5.34. The van der Waals surface area contributed by atoms with Crippen molar-refractivity contribution in [2.75, 3.05) is 0 Å². The maximum atomic E-state index is 12.2. The number of H-pyrrole nitrogens is 1. The molecule has 1 aliphatic carbocycles. The topological polar surface area (TPSA) is 99.6 Å². The second-order valence-electron chi connectivity index (χ2n) is 6.45. The van der Waals surface area contributed by atoms with Crippen LogP contribution >= 0.6 is 0 Å². The number of aldehydes is 1. The summed E-state index contributed by atoms with van der Waals surface area (Å²) in [5.41, 5.74) is -0.703. The third-order valence-corrected chi connectivity index (χ3v) is 4.79. The highest BCUT2D eigenvalue weighted by Gasteiger charge is 2.55. The molecule has 1 unspecified atom stereocenters. The van der Waals surface area contributed by atoms with E-state index in [1.165, 1.54) is 10.8 Å². The molecular formula is C16H18N2O6. The quantitative estimate of drug-likeness (QED) is 0.805. The van der Waals surface area contributed by atoms with Crippen molar-refractivity contribution in [3.8, 4) is 0 Å². The summed E-state index contributed by atoms with van der Waals surface area (Å²) in [6, 6.07) is 0. The van der Waals surface area contributed by atoms with Crippen molar-refractivity contribution in [3.05, 3.63) is 44.1 Å². The van der Waals surface area contributed by atoms with E-state index in [0.717, 1.165) is 32.1 Å². The average molecular weight is 334 g/mol. The summed E-state index contributed by atoms with van der Waals surface area (Å²) in [6.07, 6.45) is 5.01. The molecular weight excluding hydrogens is 316 g/mol. The van der Waals surface area contributed by atoms with Crippen LogP contribution in [0.2, 0.25) is 0 Å². The Labute approximate surface area is 137 Å². The molecule has 8 heteroatoms. The van der Waals surface area contributed by atoms with Gasteiger partial charge < -0.3 is 14.2 Å². The van der Waals surface area contributed by atoms with E-state index in [4.69, 9.17) is 14.2 Å². The van der Waals surface area contributed by atoms with E-state index in [2.05, 4.69) is 4.98 Å². The van der Waals surface area contributed by atoms with Crippen molar-refractivity contribution in [2.24, 2.45) is 0 Å². The fourth-order valence-electron chi connectivity index (χ4n) is 3.57. The first kappa shape index (κ1) is 15.2. The lowest BCUT2D eigenvalue weighted by Gasteiger charge is -2.32. The Kier molecular flexibility index (Phi) is 3.38. The van der Waals surface area contributed by atoms with Crippen molar-refractivity contribution < 1.29 is 19.0 Å². The molecule has 1 aromatic heterocycles. The van der Waals surface area contributed by atoms with Crippen LogP contribution in [0.15, 0.2) is 27.3 Å². The fourth-order valence-corrected chi connectivity index (χ4v) is 3.57. The standard InChI is InChI=1S/C16H18N2O6/c1-9-7-18(15(21)17-13(9)20)14-12-11(10(8-19)22-14)23-16(24-12)5-3-2-4-6-16/h7-8,12,14H,2-6H2,1H3,(H,17,20,21)/t12?,14-/m1/s1. The van der Waals surface area contributed by atoms with Gasteiger partial charge >= 0.3 is 5.69 Å². The first-order valence-electron chi connectivity index (χ1n) is 8.08. The first-order valence-corrected chi connectivity index (χ1v) is 8.08. The molecule has 3 heterocycles. The summed E-state index contributed by atoms with van der Waals surface area (Å²) in [4.78, 5) is 37.3. The summed E-state index contributed by atoms with van der Waals surface area (Å²) >= 11 is 0. The number of rotatable bonds is 2. The second-order valence-corrected chi connectivity index (χ2v) is 6.45. The number of carbonyl (C=O) groups is 1. The summed E-state index contributed by atoms with van der Waals surface area (Å²) in [5, 5.41) is 0. The molecule has 0 radical (unpaired) electrons. The fraction of sp³-hybridized carbons (Fsp3) is 0.562. The Morgan fingerprint density at radius 1 is 1.29 bits per heavy atom. The van der Waals surface area contributed by atoms with Crippen LogP contribution in [0.5, 0.6) is 0 Å². The minimum Gasteiger partial charge on any atom is -0.460 e. The van der Waals surface area contributed by atoms with Crippen LogP contribution in [0.4, 0.5) is 0 Å². The Morgan fingerprint density at radius 3 is 2.75 bits per heavy atom. The molecule has 1 spiro atoms. The maximum Gasteiger partial charge on any atom is 0.331 e. The number of nitrogens with one attached hydrogen (secondary N) is 1. The largest absolute Gasteiger partial charge is 0.460 e. The predicted molar refractivity (Wildman–Crippen MR) is 81.0 cm³/mol. The van der Waals surface area contributed by atoms with Gasteiger partial charge in [-0.25, -0.2) is 4.79 Å². The molecule has 24 heavy (non-hydrogen) atoms. The van der Waals surface area contributed by atoms with Crippen LogP contribution in [0.3, 0.4) is 0 Å². The zero-order valence-corrected chi connectivity index (χ0v) is 13.2. The number of allylic oxidation sites excluding steroid dienone is 1. The highest BCUT2D eigenvalue weighted by Crippen LogP contribution is 2.49. The van der Waals surface area contributed by atoms with E-state index in [9.17, 15) is 14.4 Å². The molecule has 1 N–H and O–H groups in total. The Balaban J connectivity index is 1.73. The van der Waals surface area contributed by atoms with Gasteiger partial charge in [0.25, 0.3) is 5.56 Å². The Bertz CT molecular complexity index is 830. The molecule has 1 saturated carbocycles. The number of ether oxygens (including phenoxy) is 3. The molecule has 3 aliphatic rings. The van der Waals surface area contributed by atoms with Crippen LogP contribution in [0.1, 0.15) is 43.9 Å². The number of aromatic nitrogens is 2. The molecule has 8 nitrogen and oxygen atoms in total. The van der Waals surface area contributed by atoms with Gasteiger partial charge in [0.2, 0.25) is 17.8 Å². The minimum atomic E-state index is -0.871. The molecule has 2 aliphatic heterocycles. The number of hydrogen-bond acceptors (Lipinski definition) is 6. The van der Waals surface area contributed by atoms with E-state index in [1.807, 2.05) is 0 Å². The smallest absolute Gasteiger partial charge is 0.331 e. The number of nitrogens with zero attached hydrogens (tertiary/aromatic N) is 1. The highest BCUT2D eigenvalue weighted by molar-refractivity contribution is 5.72. The summed E-state index contributed by atoms with van der Waals surface area (Å²) in [6.45, 7) is 1.59. The molecule has 2 fully saturated rings. The lowest BCUT2D eigenvalue weighted by Crippen LogP contribution is -2.39. The van der Waals surface area contributed by atoms with Gasteiger partial charge in [-0.05, 0) is 19.8 Å². The number of aryl methyl sites for hydroxylation is 1. The lowest BCUT2D eigenvalue weighted by molar-refractivity contribution is -0.204. The number of fused-ring (bicyclic) bond motifs is 1. The summed E-state index contributed by atoms with van der Waals surface area (Å²) in [5.74, 6) is -0.356. The maximum absolute atomic E-state index is 12.2. The van der Waals surface area contributed by atoms with Gasteiger partial charge in [0.05, 0.1) is 0 Å². The van der Waals surface area contributed by atoms with Crippen molar-refractivity contribution in [3.63, 3.8) is 0 Å². The average Bonchev–Trinajstić information content (AvgIpc) is 3.07. The number of carbonyl (C=O) groups excluding carboxylic acids is 1. The van der Waals surface area contributed by atoms with Crippen LogP contribution in [0.25, 0.3) is 0 Å². The van der Waals surface area contributed by atoms with Gasteiger partial charge in [0.1, 0.15) is 0 Å². The van der Waals surface area contributed by atoms with E-state index >= 15 is 0 Å². The predicted octanol–water partition coefficient (Wildman–Crippen LogP) is 0.860. The van der Waals surface area contributed by atoms with E-state index in [1.54, 1.807) is 6.92 Å². The van der Waals surface area contributed by atoms with Gasteiger partial charge in [-0.1, -0.05) is 6.42 Å². The molecule has 2 atom stereocenters. The van der Waals surface area contributed by atoms with Crippen molar-refractivity contribution >= 4 is 6.29 Å². The monoisotopic (exact) mass is 334 g/mol. The van der Waals surface area contributed by atoms with Gasteiger partial charge in [-0.15, -0.1) is 0 Å². The van der Waals surface area contributed by atoms with Crippen molar-refractivity contribution in [2.45, 2.75) is 57.1 Å². The Hall–Kier alpha value is -2.35. The summed E-state index contributed by atoms with van der Waals surface area (Å²) in [7, 11) is 0. The van der Waals surface area contributed by atoms with Crippen LogP contribution in [-0.2, 0) is 19.0 Å². The van der Waals surface area contributed by atoms with Gasteiger partial charge in [-0.3, -0.25) is 19.1 Å². The van der Waals surface area contributed by atoms with Crippen molar-refractivity contribution in [1.29, 1.82) is 0 Å². The van der Waals surface area contributed by atoms with Crippen LogP contribution in [0, 0.1) is 6.92 Å². The zero-order valence-electron chi connectivity index (χ0n) is 13.2. The Morgan fingerprint density at radius 2 is 2.04 bits per heavy atom. The summed E-state index contributed by atoms with van der Waals surface area (Å²) < 4.78 is 18.9. The molecule has 1 saturated heterocycles. The van der Waals surface area contributed by atoms with Crippen molar-refractivity contribution in [1.82, 2.24) is 9.55 Å². The highest BCUT2D eigenvalue weighted by atomic mass is 16.8. The van der Waals surface area contributed by atoms with E-state index in [-0.39, 0.29) is 5.76 Å². The van der Waals surface area contributed by atoms with Crippen LogP contribution in [-0.4, -0.2) is 27.7 Å². The minimum absolute atomic E-state index is 0.0446. The van der Waals surface area contributed by atoms with Crippen LogP contribution < -0.4 is 11.2 Å². The van der Waals surface area contributed by atoms with Gasteiger partial charge in [0.15, 0.2) is 18.1 Å².